The second-order valence-electron chi connectivity index (χ2n) is 6.03. The maximum Gasteiger partial charge on any atom is 2.00 e. The zero-order valence-corrected chi connectivity index (χ0v) is 18.3. The molecule has 25 heavy (non-hydrogen) atoms. The Morgan fingerprint density at radius 2 is 2.00 bits per heavy atom. The summed E-state index contributed by atoms with van der Waals surface area (Å²) >= 11 is 0. The van der Waals surface area contributed by atoms with E-state index < -0.39 is 21.5 Å². The van der Waals surface area contributed by atoms with Crippen LogP contribution < -0.4 is 26.9 Å². The van der Waals surface area contributed by atoms with E-state index in [1.807, 2.05) is 6.92 Å². The second kappa shape index (κ2) is 9.90. The average molecular weight is 438 g/mol. The third-order valence-corrected chi connectivity index (χ3v) is 5.27. The first-order valence-corrected chi connectivity index (χ1v) is 8.96. The largest absolute Gasteiger partial charge is 2.00 e. The third kappa shape index (κ3) is 6.23. The Hall–Kier alpha value is -0.634. The van der Waals surface area contributed by atoms with Gasteiger partial charge in [0, 0.05) is 11.6 Å². The standard InChI is InChI=1S/C17H21N2O3S.BrH.Mg/c1-4-6-15-16(7-5-12-17(15,3)20)18-19-23(21,22)14-10-8-13(2)9-11-14;;/h6,8-11,15,19H,1,5,7,12H2,2-3H3;1H;/q-1;;+2/p-1/b18-16+;;/t15-,17+;;/m1../s1. The first kappa shape index (κ1) is 24.4. The second-order valence-corrected chi connectivity index (χ2v) is 7.69. The van der Waals surface area contributed by atoms with Crippen molar-refractivity contribution in [2.24, 2.45) is 11.0 Å². The normalized spacial score (nSPS) is 24.4. The Morgan fingerprint density at radius 3 is 2.56 bits per heavy atom. The van der Waals surface area contributed by atoms with E-state index in [9.17, 15) is 13.5 Å². The number of nitrogens with zero attached hydrogens (tertiary/aromatic N) is 1. The Labute approximate surface area is 176 Å². The van der Waals surface area contributed by atoms with Gasteiger partial charge in [-0.1, -0.05) is 37.6 Å². The van der Waals surface area contributed by atoms with Crippen LogP contribution >= 0.6 is 0 Å². The molecule has 0 radical (unpaired) electrons. The van der Waals surface area contributed by atoms with Crippen LogP contribution in [0.15, 0.2) is 52.6 Å². The van der Waals surface area contributed by atoms with Crippen LogP contribution in [0.4, 0.5) is 0 Å². The molecule has 0 bridgehead atoms. The summed E-state index contributed by atoms with van der Waals surface area (Å²) in [7, 11) is -3.74. The number of sulfonamides is 1. The molecule has 1 saturated carbocycles. The molecule has 132 valence electrons. The van der Waals surface area contributed by atoms with E-state index in [-0.39, 0.29) is 44.9 Å². The fraction of sp³-hybridized carbons (Fsp3) is 0.412. The van der Waals surface area contributed by atoms with E-state index in [1.54, 1.807) is 25.1 Å². The maximum absolute atomic E-state index is 12.5. The van der Waals surface area contributed by atoms with Crippen molar-refractivity contribution in [1.29, 1.82) is 0 Å². The molecule has 1 aromatic carbocycles. The topological polar surface area (TPSA) is 81.6 Å². The minimum Gasteiger partial charge on any atom is -1.00 e. The molecule has 0 amide bonds. The van der Waals surface area contributed by atoms with Crippen LogP contribution in [-0.2, 0) is 10.0 Å². The van der Waals surface area contributed by atoms with Crippen LogP contribution in [0.1, 0.15) is 31.7 Å². The van der Waals surface area contributed by atoms with Crippen molar-refractivity contribution in [3.05, 3.63) is 48.2 Å². The number of hydrazone groups is 1. The van der Waals surface area contributed by atoms with E-state index in [4.69, 9.17) is 0 Å². The Balaban J connectivity index is 0.00000288. The van der Waals surface area contributed by atoms with Gasteiger partial charge in [-0.25, -0.2) is 4.83 Å². The molecular weight excluding hydrogens is 416 g/mol. The van der Waals surface area contributed by atoms with E-state index in [0.29, 0.717) is 25.0 Å². The van der Waals surface area contributed by atoms with Crippen molar-refractivity contribution in [2.75, 3.05) is 0 Å². The summed E-state index contributed by atoms with van der Waals surface area (Å²) in [6.45, 7) is 6.99. The molecule has 0 heterocycles. The summed E-state index contributed by atoms with van der Waals surface area (Å²) in [4.78, 5) is 2.39. The molecule has 2 atom stereocenters. The molecule has 8 heteroatoms. The van der Waals surface area contributed by atoms with Crippen molar-refractivity contribution >= 4 is 38.8 Å². The van der Waals surface area contributed by atoms with Crippen molar-refractivity contribution in [3.63, 3.8) is 0 Å². The number of aryl methyl sites for hydroxylation is 1. The van der Waals surface area contributed by atoms with Crippen molar-refractivity contribution < 1.29 is 30.5 Å². The van der Waals surface area contributed by atoms with Gasteiger partial charge in [0.1, 0.15) is 0 Å². The molecule has 0 aromatic heterocycles. The Morgan fingerprint density at radius 1 is 1.40 bits per heavy atom. The van der Waals surface area contributed by atoms with Crippen molar-refractivity contribution in [2.45, 2.75) is 43.6 Å². The number of rotatable bonds is 4. The van der Waals surface area contributed by atoms with Gasteiger partial charge >= 0.3 is 23.1 Å². The summed E-state index contributed by atoms with van der Waals surface area (Å²) in [5, 5.41) is 16.6. The molecule has 1 N–H and O–H groups in total. The summed E-state index contributed by atoms with van der Waals surface area (Å²) < 4.78 is 24.6. The zero-order valence-electron chi connectivity index (χ0n) is 14.5. The number of benzene rings is 1. The monoisotopic (exact) mass is 436 g/mol. The van der Waals surface area contributed by atoms with Gasteiger partial charge in [0.05, 0.1) is 4.90 Å². The average Bonchev–Trinajstić information content (AvgIpc) is 2.48. The molecule has 0 unspecified atom stereocenters. The van der Waals surface area contributed by atoms with Crippen molar-refractivity contribution in [1.82, 2.24) is 4.83 Å². The smallest absolute Gasteiger partial charge is 1.00 e. The predicted octanol–water partition coefficient (Wildman–Crippen LogP) is -1.49. The van der Waals surface area contributed by atoms with Gasteiger partial charge in [-0.15, -0.1) is 11.3 Å². The summed E-state index contributed by atoms with van der Waals surface area (Å²) in [5.41, 5.74) is 2.90. The molecule has 5 nitrogen and oxygen atoms in total. The van der Waals surface area contributed by atoms with Gasteiger partial charge in [0.25, 0.3) is 10.0 Å². The van der Waals surface area contributed by atoms with Gasteiger partial charge in [-0.3, -0.25) is 0 Å². The van der Waals surface area contributed by atoms with Gasteiger partial charge in [-0.05, 0) is 38.0 Å². The van der Waals surface area contributed by atoms with Crippen LogP contribution in [0.2, 0.25) is 0 Å². The van der Waals surface area contributed by atoms with Gasteiger partial charge in [0.2, 0.25) is 0 Å². The third-order valence-electron chi connectivity index (χ3n) is 4.05. The molecule has 1 aromatic rings. The van der Waals surface area contributed by atoms with Crippen molar-refractivity contribution in [3.8, 4) is 0 Å². The maximum atomic E-state index is 12.5. The molecular formula is C17H21BrMgN2O3S. The minimum atomic E-state index is -3.74. The number of hydrogen-bond donors (Lipinski definition) is 1. The molecule has 0 aliphatic heterocycles. The van der Waals surface area contributed by atoms with Crippen LogP contribution in [0.25, 0.3) is 0 Å². The van der Waals surface area contributed by atoms with Gasteiger partial charge < -0.3 is 22.1 Å². The molecule has 1 aliphatic rings. The van der Waals surface area contributed by atoms with Crippen LogP contribution in [-0.4, -0.2) is 42.8 Å². The summed E-state index contributed by atoms with van der Waals surface area (Å²) in [6, 6.07) is 6.50. The van der Waals surface area contributed by atoms with E-state index >= 15 is 0 Å². The van der Waals surface area contributed by atoms with Gasteiger partial charge in [0.15, 0.2) is 0 Å². The molecule has 0 spiro atoms. The first-order valence-electron chi connectivity index (χ1n) is 7.47. The predicted molar refractivity (Wildman–Crippen MR) is 94.1 cm³/mol. The Kier molecular flexibility index (Phi) is 9.65. The summed E-state index contributed by atoms with van der Waals surface area (Å²) in [6.07, 6.45) is 3.36. The molecule has 2 rings (SSSR count). The first-order chi connectivity index (χ1) is 10.8. The number of hydrogen-bond acceptors (Lipinski definition) is 4. The van der Waals surface area contributed by atoms with Crippen LogP contribution in [0.5, 0.6) is 0 Å². The molecule has 1 aliphatic carbocycles. The minimum absolute atomic E-state index is 0. The van der Waals surface area contributed by atoms with E-state index in [0.717, 1.165) is 5.56 Å². The molecule has 0 saturated heterocycles. The molecule has 1 fully saturated rings. The van der Waals surface area contributed by atoms with E-state index in [1.165, 1.54) is 12.1 Å². The van der Waals surface area contributed by atoms with Crippen LogP contribution in [0.3, 0.4) is 0 Å². The Bertz CT molecular complexity index is 755. The number of nitrogens with one attached hydrogen (secondary N) is 1. The number of halogens is 1. The quantitative estimate of drug-likeness (QED) is 0.354. The van der Waals surface area contributed by atoms with Gasteiger partial charge in [-0.2, -0.15) is 13.5 Å². The SMILES string of the molecule is C=C=C[C@@H]1/C(=N/NS(=O)(=O)c2ccc(C)cc2)CCC[C@]1(C)[O-].[Br-].[Mg+2]. The zero-order chi connectivity index (χ0) is 17.1. The van der Waals surface area contributed by atoms with E-state index in [2.05, 4.69) is 22.2 Å². The fourth-order valence-electron chi connectivity index (χ4n) is 2.69. The fourth-order valence-corrected chi connectivity index (χ4v) is 3.53. The van der Waals surface area contributed by atoms with Crippen LogP contribution in [0, 0.1) is 12.8 Å². The summed E-state index contributed by atoms with van der Waals surface area (Å²) in [5.74, 6) is -0.505.